The highest BCUT2D eigenvalue weighted by Crippen LogP contribution is 2.29. The third-order valence-electron chi connectivity index (χ3n) is 5.50. The molecule has 160 valence electrons. The van der Waals surface area contributed by atoms with Crippen molar-refractivity contribution in [2.24, 2.45) is 7.05 Å². The summed E-state index contributed by atoms with van der Waals surface area (Å²) in [6.45, 7) is 5.39. The number of aromatic nitrogens is 4. The Morgan fingerprint density at radius 2 is 1.94 bits per heavy atom. The van der Waals surface area contributed by atoms with Crippen molar-refractivity contribution in [2.75, 3.05) is 26.2 Å². The lowest BCUT2D eigenvalue weighted by Gasteiger charge is -2.33. The highest BCUT2D eigenvalue weighted by molar-refractivity contribution is 7.20. The van der Waals surface area contributed by atoms with E-state index in [1.807, 2.05) is 41.8 Å². The molecule has 31 heavy (non-hydrogen) atoms. The molecule has 0 aliphatic carbocycles. The highest BCUT2D eigenvalue weighted by atomic mass is 35.5. The van der Waals surface area contributed by atoms with Crippen LogP contribution in [0.3, 0.4) is 0 Å². The monoisotopic (exact) mass is 456 g/mol. The molecule has 0 bridgehead atoms. The van der Waals surface area contributed by atoms with E-state index in [-0.39, 0.29) is 5.91 Å². The molecule has 0 spiro atoms. The van der Waals surface area contributed by atoms with Crippen LogP contribution in [0.25, 0.3) is 21.6 Å². The minimum Gasteiger partial charge on any atom is -0.338 e. The van der Waals surface area contributed by atoms with Gasteiger partial charge < -0.3 is 9.42 Å². The number of amides is 1. The average Bonchev–Trinajstić information content (AvgIpc) is 3.47. The topological polar surface area (TPSA) is 80.3 Å². The Hall–Kier alpha value is -2.75. The quantitative estimate of drug-likeness (QED) is 0.466. The van der Waals surface area contributed by atoms with Crippen molar-refractivity contribution in [3.05, 3.63) is 51.8 Å². The number of halogens is 1. The van der Waals surface area contributed by atoms with Gasteiger partial charge in [-0.1, -0.05) is 16.8 Å². The summed E-state index contributed by atoms with van der Waals surface area (Å²) in [7, 11) is 1.91. The van der Waals surface area contributed by atoms with Crippen LogP contribution in [0.1, 0.15) is 21.3 Å². The lowest BCUT2D eigenvalue weighted by atomic mass is 10.2. The van der Waals surface area contributed by atoms with E-state index < -0.39 is 0 Å². The lowest BCUT2D eigenvalue weighted by Crippen LogP contribution is -2.48. The molecule has 1 aliphatic rings. The largest absolute Gasteiger partial charge is 0.338 e. The third kappa shape index (κ3) is 3.96. The van der Waals surface area contributed by atoms with Crippen molar-refractivity contribution in [1.82, 2.24) is 29.7 Å². The fourth-order valence-corrected chi connectivity index (χ4v) is 5.02. The number of thiophene rings is 1. The predicted molar refractivity (Wildman–Crippen MR) is 119 cm³/mol. The molecule has 1 aromatic carbocycles. The van der Waals surface area contributed by atoms with E-state index in [0.29, 0.717) is 36.4 Å². The molecule has 3 aromatic heterocycles. The summed E-state index contributed by atoms with van der Waals surface area (Å²) in [5, 5.41) is 10.2. The molecule has 0 N–H and O–H groups in total. The van der Waals surface area contributed by atoms with Crippen LogP contribution in [0.15, 0.2) is 34.9 Å². The van der Waals surface area contributed by atoms with Crippen LogP contribution in [-0.4, -0.2) is 61.8 Å². The number of rotatable bonds is 4. The summed E-state index contributed by atoms with van der Waals surface area (Å²) in [4.78, 5) is 23.4. The van der Waals surface area contributed by atoms with Gasteiger partial charge in [-0.25, -0.2) is 0 Å². The molecule has 1 saturated heterocycles. The Labute approximate surface area is 188 Å². The zero-order valence-electron chi connectivity index (χ0n) is 17.2. The van der Waals surface area contributed by atoms with Crippen LogP contribution in [-0.2, 0) is 13.6 Å². The fourth-order valence-electron chi connectivity index (χ4n) is 3.80. The summed E-state index contributed by atoms with van der Waals surface area (Å²) in [6, 6.07) is 9.31. The van der Waals surface area contributed by atoms with Gasteiger partial charge in [0.2, 0.25) is 11.7 Å². The van der Waals surface area contributed by atoms with Crippen LogP contribution in [0.4, 0.5) is 0 Å². The van der Waals surface area contributed by atoms with Gasteiger partial charge in [-0.05, 0) is 37.3 Å². The standard InChI is InChI=1S/C21H21ClN6O2S/c1-13-16-11-17(31-21(16)26(2)24-13)20(29)28-9-7-27(8-10-28)12-18-23-19(25-30-18)14-3-5-15(22)6-4-14/h3-6,11H,7-10,12H2,1-2H3. The van der Waals surface area contributed by atoms with E-state index >= 15 is 0 Å². The first-order valence-corrected chi connectivity index (χ1v) is 11.2. The molecule has 0 unspecified atom stereocenters. The van der Waals surface area contributed by atoms with Crippen molar-refractivity contribution in [3.63, 3.8) is 0 Å². The Kier molecular flexibility index (Phi) is 5.25. The number of carbonyl (C=O) groups is 1. The van der Waals surface area contributed by atoms with E-state index in [9.17, 15) is 4.79 Å². The molecule has 1 aliphatic heterocycles. The van der Waals surface area contributed by atoms with Gasteiger partial charge in [0, 0.05) is 49.2 Å². The summed E-state index contributed by atoms with van der Waals surface area (Å²) in [5.74, 6) is 1.20. The van der Waals surface area contributed by atoms with Gasteiger partial charge in [0.05, 0.1) is 17.1 Å². The van der Waals surface area contributed by atoms with Crippen LogP contribution < -0.4 is 0 Å². The number of aryl methyl sites for hydroxylation is 2. The van der Waals surface area contributed by atoms with E-state index in [0.717, 1.165) is 39.4 Å². The molecule has 10 heteroatoms. The molecule has 8 nitrogen and oxygen atoms in total. The Bertz CT molecular complexity index is 1200. The van der Waals surface area contributed by atoms with Crippen molar-refractivity contribution < 1.29 is 9.32 Å². The molecule has 0 saturated carbocycles. The van der Waals surface area contributed by atoms with Crippen LogP contribution in [0.5, 0.6) is 0 Å². The second kappa shape index (κ2) is 8.07. The van der Waals surface area contributed by atoms with E-state index in [4.69, 9.17) is 16.1 Å². The first-order valence-electron chi connectivity index (χ1n) is 10.0. The molecule has 0 radical (unpaired) electrons. The molecule has 5 rings (SSSR count). The van der Waals surface area contributed by atoms with Gasteiger partial charge in [0.1, 0.15) is 4.83 Å². The maximum Gasteiger partial charge on any atom is 0.264 e. The van der Waals surface area contributed by atoms with Crippen LogP contribution in [0, 0.1) is 6.92 Å². The van der Waals surface area contributed by atoms with Crippen LogP contribution in [0.2, 0.25) is 5.02 Å². The maximum absolute atomic E-state index is 13.0. The van der Waals surface area contributed by atoms with Crippen molar-refractivity contribution in [1.29, 1.82) is 0 Å². The Balaban J connectivity index is 1.20. The molecular weight excluding hydrogens is 436 g/mol. The molecule has 4 aromatic rings. The first-order chi connectivity index (χ1) is 15.0. The normalized spacial score (nSPS) is 15.1. The molecule has 4 heterocycles. The van der Waals surface area contributed by atoms with Gasteiger partial charge in [-0.15, -0.1) is 11.3 Å². The van der Waals surface area contributed by atoms with E-state index in [1.165, 1.54) is 11.3 Å². The van der Waals surface area contributed by atoms with Gasteiger partial charge >= 0.3 is 0 Å². The average molecular weight is 457 g/mol. The molecule has 1 amide bonds. The van der Waals surface area contributed by atoms with Gasteiger partial charge in [0.25, 0.3) is 5.91 Å². The zero-order chi connectivity index (χ0) is 21.5. The summed E-state index contributed by atoms with van der Waals surface area (Å²) >= 11 is 7.44. The molecule has 0 atom stereocenters. The molecular formula is C21H21ClN6O2S. The number of carbonyl (C=O) groups excluding carboxylic acids is 1. The second-order valence-electron chi connectivity index (χ2n) is 7.63. The molecule has 1 fully saturated rings. The fraction of sp³-hybridized carbons (Fsp3) is 0.333. The smallest absolute Gasteiger partial charge is 0.264 e. The number of piperazine rings is 1. The SMILES string of the molecule is Cc1nn(C)c2sc(C(=O)N3CCN(Cc4nc(-c5ccc(Cl)cc5)no4)CC3)cc12. The van der Waals surface area contributed by atoms with Crippen molar-refractivity contribution in [2.45, 2.75) is 13.5 Å². The summed E-state index contributed by atoms with van der Waals surface area (Å²) in [5.41, 5.74) is 1.82. The van der Waals surface area contributed by atoms with Gasteiger partial charge in [-0.2, -0.15) is 10.1 Å². The van der Waals surface area contributed by atoms with Gasteiger partial charge in [0.15, 0.2) is 0 Å². The summed E-state index contributed by atoms with van der Waals surface area (Å²) < 4.78 is 7.26. The zero-order valence-corrected chi connectivity index (χ0v) is 18.8. The van der Waals surface area contributed by atoms with E-state index in [2.05, 4.69) is 20.1 Å². The van der Waals surface area contributed by atoms with Crippen molar-refractivity contribution in [3.8, 4) is 11.4 Å². The Morgan fingerprint density at radius 1 is 1.19 bits per heavy atom. The highest BCUT2D eigenvalue weighted by Gasteiger charge is 2.25. The third-order valence-corrected chi connectivity index (χ3v) is 6.94. The first kappa shape index (κ1) is 20.2. The minimum absolute atomic E-state index is 0.0862. The van der Waals surface area contributed by atoms with E-state index in [1.54, 1.807) is 12.1 Å². The Morgan fingerprint density at radius 3 is 2.65 bits per heavy atom. The number of nitrogens with zero attached hydrogens (tertiary/aromatic N) is 6. The number of hydrogen-bond acceptors (Lipinski definition) is 7. The number of fused-ring (bicyclic) bond motifs is 1. The lowest BCUT2D eigenvalue weighted by molar-refractivity contribution is 0.0620. The van der Waals surface area contributed by atoms with Crippen molar-refractivity contribution >= 4 is 39.1 Å². The minimum atomic E-state index is 0.0862. The number of benzene rings is 1. The second-order valence-corrected chi connectivity index (χ2v) is 9.09. The van der Waals surface area contributed by atoms with Gasteiger partial charge in [-0.3, -0.25) is 14.4 Å². The summed E-state index contributed by atoms with van der Waals surface area (Å²) in [6.07, 6.45) is 0. The predicted octanol–water partition coefficient (Wildman–Crippen LogP) is 3.60. The van der Waals surface area contributed by atoms with Crippen LogP contribution >= 0.6 is 22.9 Å². The maximum atomic E-state index is 13.0. The number of hydrogen-bond donors (Lipinski definition) is 0.